The lowest BCUT2D eigenvalue weighted by molar-refractivity contribution is 0.346. The number of aromatic nitrogens is 6. The van der Waals surface area contributed by atoms with E-state index in [1.54, 1.807) is 0 Å². The highest BCUT2D eigenvalue weighted by Gasteiger charge is 2.14. The summed E-state index contributed by atoms with van der Waals surface area (Å²) in [5.41, 5.74) is 0. The average molecular weight is 309 g/mol. The van der Waals surface area contributed by atoms with E-state index in [1.165, 1.54) is 43.3 Å². The molecule has 1 saturated heterocycles. The minimum Gasteiger partial charge on any atom is -0.342 e. The van der Waals surface area contributed by atoms with E-state index < -0.39 is 0 Å². The molecule has 0 saturated carbocycles. The molecule has 2 aromatic heterocycles. The molecule has 2 aromatic rings. The lowest BCUT2D eigenvalue weighted by Gasteiger charge is -2.21. The Morgan fingerprint density at radius 3 is 2.76 bits per heavy atom. The van der Waals surface area contributed by atoms with Crippen LogP contribution in [-0.2, 0) is 0 Å². The predicted octanol–water partition coefficient (Wildman–Crippen LogP) is 0.638. The lowest BCUT2D eigenvalue weighted by atomic mass is 10.4. The smallest absolute Gasteiger partial charge is 0.258 e. The summed E-state index contributed by atoms with van der Waals surface area (Å²) >= 11 is 5.98. The molecule has 3 rings (SSSR count). The van der Waals surface area contributed by atoms with Crippen LogP contribution in [0.1, 0.15) is 12.8 Å². The van der Waals surface area contributed by atoms with Gasteiger partial charge in [0.1, 0.15) is 12.7 Å². The van der Waals surface area contributed by atoms with Gasteiger partial charge in [0.25, 0.3) is 5.95 Å². The highest BCUT2D eigenvalue weighted by atomic mass is 35.5. The maximum Gasteiger partial charge on any atom is 0.258 e. The zero-order valence-electron chi connectivity index (χ0n) is 11.9. The maximum atomic E-state index is 5.98. The third kappa shape index (κ3) is 3.45. The Labute approximate surface area is 127 Å². The molecule has 0 spiro atoms. The summed E-state index contributed by atoms with van der Waals surface area (Å²) in [5, 5.41) is 4.16. The van der Waals surface area contributed by atoms with Crippen molar-refractivity contribution in [1.82, 2.24) is 34.6 Å². The number of hydrogen-bond donors (Lipinski definition) is 0. The molecule has 21 heavy (non-hydrogen) atoms. The summed E-state index contributed by atoms with van der Waals surface area (Å²) in [6, 6.07) is 0. The van der Waals surface area contributed by atoms with Crippen LogP contribution in [0.15, 0.2) is 12.7 Å². The number of halogens is 1. The summed E-state index contributed by atoms with van der Waals surface area (Å²) in [6.07, 6.45) is 5.53. The quantitative estimate of drug-likeness (QED) is 0.802. The van der Waals surface area contributed by atoms with Gasteiger partial charge in [0.2, 0.25) is 11.2 Å². The molecule has 0 amide bonds. The fourth-order valence-corrected chi connectivity index (χ4v) is 2.46. The molecule has 0 bridgehead atoms. The summed E-state index contributed by atoms with van der Waals surface area (Å²) in [4.78, 5) is 20.9. The van der Waals surface area contributed by atoms with Crippen molar-refractivity contribution in [2.24, 2.45) is 0 Å². The molecule has 0 aromatic carbocycles. The lowest BCUT2D eigenvalue weighted by Crippen LogP contribution is -2.32. The van der Waals surface area contributed by atoms with Crippen LogP contribution < -0.4 is 4.90 Å². The second-order valence-corrected chi connectivity index (χ2v) is 5.35. The van der Waals surface area contributed by atoms with Crippen molar-refractivity contribution in [2.75, 3.05) is 38.1 Å². The summed E-state index contributed by atoms with van der Waals surface area (Å²) in [7, 11) is 1.95. The topological polar surface area (TPSA) is 75.9 Å². The van der Waals surface area contributed by atoms with Gasteiger partial charge in [-0.1, -0.05) is 0 Å². The standard InChI is InChI=1S/C12H17ClN8/c1-19(6-7-20-4-2-3-5-20)11-16-10(13)17-12(18-11)21-9-14-8-15-21/h8-9H,2-7H2,1H3. The van der Waals surface area contributed by atoms with Gasteiger partial charge >= 0.3 is 0 Å². The van der Waals surface area contributed by atoms with Gasteiger partial charge in [0.15, 0.2) is 0 Å². The molecular formula is C12H17ClN8. The van der Waals surface area contributed by atoms with Crippen molar-refractivity contribution in [3.05, 3.63) is 17.9 Å². The van der Waals surface area contributed by atoms with Crippen LogP contribution in [0.25, 0.3) is 5.95 Å². The fourth-order valence-electron chi connectivity index (χ4n) is 2.31. The predicted molar refractivity (Wildman–Crippen MR) is 78.7 cm³/mol. The molecule has 1 aliphatic rings. The molecule has 112 valence electrons. The molecule has 1 aliphatic heterocycles. The SMILES string of the molecule is CN(CCN1CCCC1)c1nc(Cl)nc(-n2cncn2)n1. The second-order valence-electron chi connectivity index (χ2n) is 5.01. The minimum atomic E-state index is 0.151. The highest BCUT2D eigenvalue weighted by Crippen LogP contribution is 2.12. The van der Waals surface area contributed by atoms with Crippen molar-refractivity contribution >= 4 is 17.5 Å². The first-order chi connectivity index (χ1) is 10.2. The Bertz CT molecular complexity index is 581. The first-order valence-corrected chi connectivity index (χ1v) is 7.30. The number of nitrogens with zero attached hydrogens (tertiary/aromatic N) is 8. The van der Waals surface area contributed by atoms with Crippen molar-refractivity contribution < 1.29 is 0 Å². The van der Waals surface area contributed by atoms with Gasteiger partial charge in [-0.3, -0.25) is 0 Å². The fraction of sp³-hybridized carbons (Fsp3) is 0.583. The molecule has 1 fully saturated rings. The Morgan fingerprint density at radius 2 is 2.05 bits per heavy atom. The maximum absolute atomic E-state index is 5.98. The molecule has 9 heteroatoms. The largest absolute Gasteiger partial charge is 0.342 e. The Kier molecular flexibility index (Phi) is 4.26. The molecule has 8 nitrogen and oxygen atoms in total. The van der Waals surface area contributed by atoms with Crippen LogP contribution in [0.3, 0.4) is 0 Å². The molecule has 3 heterocycles. The number of anilines is 1. The van der Waals surface area contributed by atoms with Gasteiger partial charge in [-0.25, -0.2) is 4.98 Å². The van der Waals surface area contributed by atoms with Crippen molar-refractivity contribution in [2.45, 2.75) is 12.8 Å². The van der Waals surface area contributed by atoms with E-state index in [0.717, 1.165) is 13.1 Å². The van der Waals surface area contributed by atoms with Gasteiger partial charge in [-0.2, -0.15) is 24.7 Å². The van der Waals surface area contributed by atoms with Crippen molar-refractivity contribution in [3.8, 4) is 5.95 Å². The second kappa shape index (κ2) is 6.31. The zero-order valence-corrected chi connectivity index (χ0v) is 12.6. The first kappa shape index (κ1) is 14.2. The third-order valence-corrected chi connectivity index (χ3v) is 3.67. The third-order valence-electron chi connectivity index (χ3n) is 3.50. The van der Waals surface area contributed by atoms with Crippen LogP contribution in [-0.4, -0.2) is 67.8 Å². The van der Waals surface area contributed by atoms with Crippen LogP contribution in [0.4, 0.5) is 5.95 Å². The monoisotopic (exact) mass is 308 g/mol. The van der Waals surface area contributed by atoms with Gasteiger partial charge in [0.05, 0.1) is 0 Å². The van der Waals surface area contributed by atoms with Crippen molar-refractivity contribution in [3.63, 3.8) is 0 Å². The van der Waals surface area contributed by atoms with Gasteiger partial charge < -0.3 is 9.80 Å². The van der Waals surface area contributed by atoms with Crippen LogP contribution in [0.5, 0.6) is 0 Å². The molecule has 0 aliphatic carbocycles. The number of likely N-dealkylation sites (tertiary alicyclic amines) is 1. The van der Waals surface area contributed by atoms with E-state index in [4.69, 9.17) is 11.6 Å². The van der Waals surface area contributed by atoms with Crippen LogP contribution in [0.2, 0.25) is 5.28 Å². The Hall–Kier alpha value is -1.80. The molecular weight excluding hydrogens is 292 g/mol. The Balaban J connectivity index is 1.71. The summed E-state index contributed by atoms with van der Waals surface area (Å²) < 4.78 is 1.46. The molecule has 0 N–H and O–H groups in total. The van der Waals surface area contributed by atoms with E-state index in [-0.39, 0.29) is 5.28 Å². The highest BCUT2D eigenvalue weighted by molar-refractivity contribution is 6.28. The number of likely N-dealkylation sites (N-methyl/N-ethyl adjacent to an activating group) is 1. The zero-order chi connectivity index (χ0) is 14.7. The van der Waals surface area contributed by atoms with Gasteiger partial charge in [-0.05, 0) is 37.5 Å². The average Bonchev–Trinajstić information content (AvgIpc) is 3.17. The van der Waals surface area contributed by atoms with Gasteiger partial charge in [-0.15, -0.1) is 0 Å². The van der Waals surface area contributed by atoms with E-state index in [1.807, 2.05) is 11.9 Å². The van der Waals surface area contributed by atoms with Crippen molar-refractivity contribution in [1.29, 1.82) is 0 Å². The molecule has 0 unspecified atom stereocenters. The number of hydrogen-bond acceptors (Lipinski definition) is 7. The first-order valence-electron chi connectivity index (χ1n) is 6.92. The van der Waals surface area contributed by atoms with E-state index in [2.05, 4.69) is 29.9 Å². The summed E-state index contributed by atoms with van der Waals surface area (Å²) in [6.45, 7) is 4.20. The van der Waals surface area contributed by atoms with E-state index in [0.29, 0.717) is 11.9 Å². The van der Waals surface area contributed by atoms with E-state index in [9.17, 15) is 0 Å². The van der Waals surface area contributed by atoms with Gasteiger partial charge in [0, 0.05) is 20.1 Å². The van der Waals surface area contributed by atoms with E-state index >= 15 is 0 Å². The molecule has 0 atom stereocenters. The van der Waals surface area contributed by atoms with Crippen LogP contribution >= 0.6 is 11.6 Å². The molecule has 0 radical (unpaired) electrons. The van der Waals surface area contributed by atoms with Crippen LogP contribution in [0, 0.1) is 0 Å². The summed E-state index contributed by atoms with van der Waals surface area (Å²) in [5.74, 6) is 0.912. The Morgan fingerprint density at radius 1 is 1.24 bits per heavy atom. The normalized spacial score (nSPS) is 15.5. The minimum absolute atomic E-state index is 0.151. The number of rotatable bonds is 5.